The van der Waals surface area contributed by atoms with E-state index < -0.39 is 5.97 Å². The van der Waals surface area contributed by atoms with Crippen LogP contribution >= 0.6 is 0 Å². The number of carbonyl (C=O) groups is 1. The van der Waals surface area contributed by atoms with Crippen LogP contribution in [0.25, 0.3) is 10.4 Å². The fraction of sp³-hybridized carbons (Fsp3) is 0. The summed E-state index contributed by atoms with van der Waals surface area (Å²) in [5.41, 5.74) is 8.04. The largest absolute Gasteiger partial charge is 1.00 e. The van der Waals surface area contributed by atoms with Gasteiger partial charge in [-0.1, -0.05) is 29.4 Å². The van der Waals surface area contributed by atoms with Crippen molar-refractivity contribution in [1.29, 1.82) is 0 Å². The smallest absolute Gasteiger partial charge is 0.545 e. The Kier molecular flexibility index (Phi) is 5.97. The predicted molar refractivity (Wildman–Crippen MR) is 39.6 cm³/mol. The van der Waals surface area contributed by atoms with Gasteiger partial charge < -0.3 is 9.90 Å². The molecule has 0 aliphatic heterocycles. The number of carboxylic acids is 1. The van der Waals surface area contributed by atoms with Crippen LogP contribution in [0.2, 0.25) is 0 Å². The minimum absolute atomic E-state index is 0. The molecule has 0 aliphatic rings. The molecular weight excluding hydrogens is 197 g/mol. The number of hydrogen-bond acceptors (Lipinski definition) is 3. The average Bonchev–Trinajstić information content (AvgIpc) is 2.05. The zero-order chi connectivity index (χ0) is 8.97. The van der Waals surface area contributed by atoms with E-state index in [9.17, 15) is 9.90 Å². The third-order valence-electron chi connectivity index (χ3n) is 1.28. The summed E-state index contributed by atoms with van der Waals surface area (Å²) in [5.74, 6) is -1.35. The molecule has 60 valence electrons. The molecule has 1 rings (SSSR count). The van der Waals surface area contributed by atoms with Crippen molar-refractivity contribution in [2.45, 2.75) is 0 Å². The molecule has 0 atom stereocenters. The van der Waals surface area contributed by atoms with Crippen LogP contribution < -0.4 is 56.5 Å². The van der Waals surface area contributed by atoms with Crippen LogP contribution in [0.4, 0.5) is 5.69 Å². The summed E-state index contributed by atoms with van der Waals surface area (Å²) < 4.78 is 0. The fourth-order valence-electron chi connectivity index (χ4n) is 0.782. The molecule has 0 fully saturated rings. The first-order valence-corrected chi connectivity index (χ1v) is 3.11. The van der Waals surface area contributed by atoms with Crippen molar-refractivity contribution < 1.29 is 61.3 Å². The van der Waals surface area contributed by atoms with E-state index in [0.29, 0.717) is 0 Å². The van der Waals surface area contributed by atoms with Crippen LogP contribution in [0.15, 0.2) is 29.4 Å². The number of rotatable bonds is 2. The number of nitrogens with zero attached hydrogens (tertiary/aromatic N) is 3. The SMILES string of the molecule is [K+].[N-]=[N+]=Nc1ccccc1C(=O)[O-]. The van der Waals surface area contributed by atoms with Gasteiger partial charge in [-0.2, -0.15) is 0 Å². The van der Waals surface area contributed by atoms with E-state index in [1.807, 2.05) is 0 Å². The Labute approximate surface area is 117 Å². The maximum absolute atomic E-state index is 10.4. The summed E-state index contributed by atoms with van der Waals surface area (Å²) in [7, 11) is 0. The molecule has 0 aromatic heterocycles. The summed E-state index contributed by atoms with van der Waals surface area (Å²) in [5, 5.41) is 13.6. The second kappa shape index (κ2) is 6.15. The third kappa shape index (κ3) is 3.47. The number of aromatic carboxylic acids is 1. The van der Waals surface area contributed by atoms with Gasteiger partial charge in [-0.3, -0.25) is 0 Å². The maximum atomic E-state index is 10.4. The number of benzene rings is 1. The summed E-state index contributed by atoms with van der Waals surface area (Å²) in [6, 6.07) is 5.84. The topological polar surface area (TPSA) is 88.9 Å². The summed E-state index contributed by atoms with van der Waals surface area (Å²) in [4.78, 5) is 12.9. The minimum atomic E-state index is -1.35. The second-order valence-electron chi connectivity index (χ2n) is 1.99. The monoisotopic (exact) mass is 201 g/mol. The molecule has 0 saturated carbocycles. The molecule has 1 aromatic carbocycles. The first-order valence-electron chi connectivity index (χ1n) is 3.11. The maximum Gasteiger partial charge on any atom is 1.00 e. The Bertz CT molecular complexity index is 340. The van der Waals surface area contributed by atoms with Crippen LogP contribution in [0.1, 0.15) is 10.4 Å². The van der Waals surface area contributed by atoms with E-state index in [0.717, 1.165) is 0 Å². The van der Waals surface area contributed by atoms with Crippen molar-refractivity contribution in [2.24, 2.45) is 5.11 Å². The Morgan fingerprint density at radius 2 is 2.08 bits per heavy atom. The van der Waals surface area contributed by atoms with Gasteiger partial charge in [-0.15, -0.1) is 0 Å². The third-order valence-corrected chi connectivity index (χ3v) is 1.28. The first-order chi connectivity index (χ1) is 5.75. The van der Waals surface area contributed by atoms with Gasteiger partial charge in [0.05, 0.1) is 5.97 Å². The normalized spacial score (nSPS) is 8.00. The van der Waals surface area contributed by atoms with Gasteiger partial charge in [-0.25, -0.2) is 0 Å². The standard InChI is InChI=1S/C7H5N3O2.K/c8-10-9-6-4-2-1-3-5(6)7(11)12;/h1-4H,(H,11,12);/q;+1/p-1. The molecule has 0 spiro atoms. The van der Waals surface area contributed by atoms with E-state index >= 15 is 0 Å². The first kappa shape index (κ1) is 12.6. The van der Waals surface area contributed by atoms with E-state index in [1.165, 1.54) is 18.2 Å². The number of carboxylic acid groups (broad SMARTS) is 1. The molecule has 0 N–H and O–H groups in total. The predicted octanol–water partition coefficient (Wildman–Crippen LogP) is -2.00. The minimum Gasteiger partial charge on any atom is -0.545 e. The molecule has 0 amide bonds. The van der Waals surface area contributed by atoms with E-state index in [1.54, 1.807) is 6.07 Å². The van der Waals surface area contributed by atoms with Crippen molar-refractivity contribution in [3.63, 3.8) is 0 Å². The molecule has 0 aliphatic carbocycles. The quantitative estimate of drug-likeness (QED) is 0.239. The van der Waals surface area contributed by atoms with Gasteiger partial charge in [0.1, 0.15) is 0 Å². The van der Waals surface area contributed by atoms with Crippen LogP contribution in [0.5, 0.6) is 0 Å². The van der Waals surface area contributed by atoms with E-state index in [4.69, 9.17) is 5.53 Å². The Hall–Kier alpha value is -0.364. The van der Waals surface area contributed by atoms with Gasteiger partial charge >= 0.3 is 51.4 Å². The van der Waals surface area contributed by atoms with Crippen LogP contribution in [-0.2, 0) is 0 Å². The molecule has 1 aromatic rings. The van der Waals surface area contributed by atoms with E-state index in [2.05, 4.69) is 10.0 Å². The van der Waals surface area contributed by atoms with Crippen LogP contribution in [-0.4, -0.2) is 5.97 Å². The molecule has 0 unspecified atom stereocenters. The second-order valence-corrected chi connectivity index (χ2v) is 1.99. The van der Waals surface area contributed by atoms with Gasteiger partial charge in [0.2, 0.25) is 0 Å². The average molecular weight is 201 g/mol. The molecule has 0 heterocycles. The molecule has 5 nitrogen and oxygen atoms in total. The molecule has 0 radical (unpaired) electrons. The summed E-state index contributed by atoms with van der Waals surface area (Å²) >= 11 is 0. The van der Waals surface area contributed by atoms with Crippen molar-refractivity contribution in [2.75, 3.05) is 0 Å². The zero-order valence-electron chi connectivity index (χ0n) is 6.97. The number of carbonyl (C=O) groups excluding carboxylic acids is 1. The van der Waals surface area contributed by atoms with Crippen LogP contribution in [0.3, 0.4) is 0 Å². The van der Waals surface area contributed by atoms with Crippen molar-refractivity contribution in [3.05, 3.63) is 40.3 Å². The molecular formula is C7H4KN3O2. The van der Waals surface area contributed by atoms with Crippen molar-refractivity contribution in [1.82, 2.24) is 0 Å². The molecule has 0 bridgehead atoms. The summed E-state index contributed by atoms with van der Waals surface area (Å²) in [6.45, 7) is 0. The number of hydrogen-bond donors (Lipinski definition) is 0. The van der Waals surface area contributed by atoms with Gasteiger partial charge in [-0.05, 0) is 5.53 Å². The molecule has 13 heavy (non-hydrogen) atoms. The van der Waals surface area contributed by atoms with Crippen LogP contribution in [0, 0.1) is 0 Å². The van der Waals surface area contributed by atoms with Gasteiger partial charge in [0.25, 0.3) is 0 Å². The van der Waals surface area contributed by atoms with Gasteiger partial charge in [0.15, 0.2) is 0 Å². The Morgan fingerprint density at radius 1 is 1.46 bits per heavy atom. The fourth-order valence-corrected chi connectivity index (χ4v) is 0.782. The van der Waals surface area contributed by atoms with Crippen molar-refractivity contribution >= 4 is 11.7 Å². The number of azide groups is 1. The van der Waals surface area contributed by atoms with E-state index in [-0.39, 0.29) is 62.6 Å². The molecule has 6 heteroatoms. The van der Waals surface area contributed by atoms with Gasteiger partial charge in [0, 0.05) is 16.2 Å². The van der Waals surface area contributed by atoms with Crippen molar-refractivity contribution in [3.8, 4) is 0 Å². The zero-order valence-corrected chi connectivity index (χ0v) is 10.1. The Morgan fingerprint density at radius 3 is 2.62 bits per heavy atom. The summed E-state index contributed by atoms with van der Waals surface area (Å²) in [6.07, 6.45) is 0. The molecule has 0 saturated heterocycles. The Balaban J connectivity index is 0.00000144.